The predicted molar refractivity (Wildman–Crippen MR) is 176 cm³/mol. The summed E-state index contributed by atoms with van der Waals surface area (Å²) in [6, 6.07) is 19.2. The normalized spacial score (nSPS) is 11.8. The number of fused-ring (bicyclic) bond motifs is 1. The van der Waals surface area contributed by atoms with Crippen LogP contribution in [0.25, 0.3) is 10.8 Å². The third-order valence-electron chi connectivity index (χ3n) is 7.05. The minimum absolute atomic E-state index is 0.0695. The molecule has 0 spiro atoms. The van der Waals surface area contributed by atoms with E-state index >= 15 is 0 Å². The molecule has 3 amide bonds. The third kappa shape index (κ3) is 11.2. The molecule has 0 saturated carbocycles. The van der Waals surface area contributed by atoms with Crippen molar-refractivity contribution in [2.75, 3.05) is 38.6 Å². The number of nitrogens with zero attached hydrogens (tertiary/aromatic N) is 1. The summed E-state index contributed by atoms with van der Waals surface area (Å²) in [5, 5.41) is 9.65. The highest BCUT2D eigenvalue weighted by molar-refractivity contribution is 7.89. The number of nitrogens with one attached hydrogen (secondary N) is 4. The van der Waals surface area contributed by atoms with Crippen molar-refractivity contribution >= 4 is 44.4 Å². The summed E-state index contributed by atoms with van der Waals surface area (Å²) < 4.78 is 34.2. The van der Waals surface area contributed by atoms with Crippen LogP contribution in [0.5, 0.6) is 0 Å². The van der Waals surface area contributed by atoms with E-state index in [-0.39, 0.29) is 29.9 Å². The Kier molecular flexibility index (Phi) is 13.8. The van der Waals surface area contributed by atoms with Crippen molar-refractivity contribution in [1.29, 1.82) is 0 Å². The number of ether oxygens (including phenoxy) is 1. The highest BCUT2D eigenvalue weighted by Crippen LogP contribution is 2.30. The van der Waals surface area contributed by atoms with Crippen LogP contribution in [-0.4, -0.2) is 66.1 Å². The molecule has 3 aromatic rings. The zero-order chi connectivity index (χ0) is 32.7. The smallest absolute Gasteiger partial charge is 0.408 e. The highest BCUT2D eigenvalue weighted by Gasteiger charge is 2.21. The minimum atomic E-state index is -3.76. The van der Waals surface area contributed by atoms with Crippen LogP contribution in [0, 0.1) is 0 Å². The molecule has 45 heavy (non-hydrogen) atoms. The van der Waals surface area contributed by atoms with Crippen LogP contribution < -0.4 is 25.6 Å². The van der Waals surface area contributed by atoms with E-state index < -0.39 is 22.2 Å². The number of alkyl carbamates (subject to hydrolysis) is 1. The summed E-state index contributed by atoms with van der Waals surface area (Å²) in [7, 11) is 0.0674. The molecule has 12 heteroatoms. The lowest BCUT2D eigenvalue weighted by Gasteiger charge is -2.18. The predicted octanol–water partition coefficient (Wildman–Crippen LogP) is 3.85. The van der Waals surface area contributed by atoms with Gasteiger partial charge in [0.1, 0.15) is 12.6 Å². The minimum Gasteiger partial charge on any atom is -0.445 e. The number of benzene rings is 3. The SMILES string of the molecule is C=CC(=O)NCCCCC(NC(=O)OCc1ccccc1)C(=O)NCCCCNS(=O)(=O)c1cccc2c(N(C)C)cccc12. The molecule has 0 bridgehead atoms. The Balaban J connectivity index is 1.48. The molecule has 0 aliphatic carbocycles. The lowest BCUT2D eigenvalue weighted by molar-refractivity contribution is -0.123. The van der Waals surface area contributed by atoms with Gasteiger partial charge in [-0.3, -0.25) is 9.59 Å². The first kappa shape index (κ1) is 35.1. The molecule has 1 atom stereocenters. The molecule has 4 N–H and O–H groups in total. The largest absolute Gasteiger partial charge is 0.445 e. The summed E-state index contributed by atoms with van der Waals surface area (Å²) in [6.07, 6.45) is 3.02. The quantitative estimate of drug-likeness (QED) is 0.122. The first-order chi connectivity index (χ1) is 21.6. The number of amides is 3. The summed E-state index contributed by atoms with van der Waals surface area (Å²) in [4.78, 5) is 38.9. The van der Waals surface area contributed by atoms with E-state index in [2.05, 4.69) is 27.3 Å². The van der Waals surface area contributed by atoms with E-state index in [1.807, 2.05) is 67.5 Å². The maximum atomic E-state index is 13.1. The summed E-state index contributed by atoms with van der Waals surface area (Å²) >= 11 is 0. The van der Waals surface area contributed by atoms with Gasteiger partial charge < -0.3 is 25.6 Å². The number of rotatable bonds is 18. The highest BCUT2D eigenvalue weighted by atomic mass is 32.2. The Morgan fingerprint density at radius 1 is 0.844 bits per heavy atom. The van der Waals surface area contributed by atoms with Gasteiger partial charge in [0, 0.05) is 50.2 Å². The maximum absolute atomic E-state index is 13.1. The first-order valence-electron chi connectivity index (χ1n) is 15.0. The number of sulfonamides is 1. The molecule has 0 radical (unpaired) electrons. The van der Waals surface area contributed by atoms with Gasteiger partial charge in [-0.25, -0.2) is 17.9 Å². The first-order valence-corrected chi connectivity index (χ1v) is 16.4. The number of carbonyl (C=O) groups excluding carboxylic acids is 3. The number of unbranched alkanes of at least 4 members (excludes halogenated alkanes) is 2. The van der Waals surface area contributed by atoms with Crippen LogP contribution in [0.3, 0.4) is 0 Å². The van der Waals surface area contributed by atoms with Gasteiger partial charge in [0.25, 0.3) is 0 Å². The van der Waals surface area contributed by atoms with Gasteiger partial charge in [0.15, 0.2) is 0 Å². The summed E-state index contributed by atoms with van der Waals surface area (Å²) in [6.45, 7) is 4.40. The van der Waals surface area contributed by atoms with Crippen molar-refractivity contribution in [2.24, 2.45) is 0 Å². The molecule has 0 aromatic heterocycles. The van der Waals surface area contributed by atoms with Crippen LogP contribution in [0.1, 0.15) is 37.7 Å². The van der Waals surface area contributed by atoms with E-state index in [0.717, 1.165) is 16.6 Å². The number of anilines is 1. The molecule has 3 aromatic carbocycles. The van der Waals surface area contributed by atoms with Gasteiger partial charge in [-0.15, -0.1) is 0 Å². The molecular weight excluding hydrogens is 594 g/mol. The zero-order valence-electron chi connectivity index (χ0n) is 25.9. The van der Waals surface area contributed by atoms with Crippen molar-refractivity contribution in [3.8, 4) is 0 Å². The second kappa shape index (κ2) is 17.8. The average molecular weight is 638 g/mol. The Morgan fingerprint density at radius 3 is 2.24 bits per heavy atom. The van der Waals surface area contributed by atoms with E-state index in [4.69, 9.17) is 4.74 Å². The Hall–Kier alpha value is -4.42. The van der Waals surface area contributed by atoms with E-state index in [1.54, 1.807) is 18.2 Å². The Labute approximate surface area is 265 Å². The molecule has 0 saturated heterocycles. The average Bonchev–Trinajstić information content (AvgIpc) is 3.04. The van der Waals surface area contributed by atoms with Crippen molar-refractivity contribution in [1.82, 2.24) is 20.7 Å². The van der Waals surface area contributed by atoms with Crippen LogP contribution in [0.15, 0.2) is 84.3 Å². The molecule has 0 fully saturated rings. The van der Waals surface area contributed by atoms with Gasteiger partial charge in [-0.05, 0) is 55.9 Å². The topological polar surface area (TPSA) is 146 Å². The molecule has 1 unspecified atom stereocenters. The van der Waals surface area contributed by atoms with Crippen molar-refractivity contribution < 1.29 is 27.5 Å². The Morgan fingerprint density at radius 2 is 1.51 bits per heavy atom. The van der Waals surface area contributed by atoms with Gasteiger partial charge in [0.2, 0.25) is 21.8 Å². The Bertz CT molecular complexity index is 1550. The second-order valence-electron chi connectivity index (χ2n) is 10.7. The second-order valence-corrected chi connectivity index (χ2v) is 12.4. The molecule has 0 aliphatic rings. The number of carbonyl (C=O) groups is 3. The van der Waals surface area contributed by atoms with Gasteiger partial charge in [-0.2, -0.15) is 0 Å². The zero-order valence-corrected chi connectivity index (χ0v) is 26.7. The molecule has 11 nitrogen and oxygen atoms in total. The van der Waals surface area contributed by atoms with Crippen molar-refractivity contribution in [2.45, 2.75) is 49.6 Å². The fraction of sp³-hybridized carbons (Fsp3) is 0.364. The van der Waals surface area contributed by atoms with Crippen LogP contribution in [0.2, 0.25) is 0 Å². The van der Waals surface area contributed by atoms with Crippen LogP contribution >= 0.6 is 0 Å². The lowest BCUT2D eigenvalue weighted by atomic mass is 10.1. The number of hydrogen-bond donors (Lipinski definition) is 4. The summed E-state index contributed by atoms with van der Waals surface area (Å²) in [5.74, 6) is -0.639. The van der Waals surface area contributed by atoms with Gasteiger partial charge in [0.05, 0.1) is 4.90 Å². The third-order valence-corrected chi connectivity index (χ3v) is 8.57. The maximum Gasteiger partial charge on any atom is 0.408 e. The summed E-state index contributed by atoms with van der Waals surface area (Å²) in [5.41, 5.74) is 1.75. The van der Waals surface area contributed by atoms with Crippen LogP contribution in [0.4, 0.5) is 10.5 Å². The van der Waals surface area contributed by atoms with E-state index in [1.165, 1.54) is 6.08 Å². The van der Waals surface area contributed by atoms with E-state index in [0.29, 0.717) is 50.6 Å². The van der Waals surface area contributed by atoms with Crippen molar-refractivity contribution in [3.63, 3.8) is 0 Å². The molecule has 0 aliphatic heterocycles. The fourth-order valence-corrected chi connectivity index (χ4v) is 5.98. The molecule has 3 rings (SSSR count). The molecule has 0 heterocycles. The molecular formula is C33H43N5O6S. The molecule has 242 valence electrons. The monoisotopic (exact) mass is 637 g/mol. The van der Waals surface area contributed by atoms with Gasteiger partial charge in [-0.1, -0.05) is 61.2 Å². The standard InChI is InChI=1S/C33H43N5O6S/c1-4-31(39)34-21-9-8-18-28(37-33(41)44-24-25-14-6-5-7-15-25)32(40)35-22-10-11-23-36-45(42,43)30-20-13-16-26-27(30)17-12-19-29(26)38(2)3/h4-7,12-17,19-20,28,36H,1,8-11,18,21-24H2,2-3H3,(H,34,39)(H,35,40)(H,37,41). The van der Waals surface area contributed by atoms with Crippen LogP contribution in [-0.2, 0) is 31.0 Å². The van der Waals surface area contributed by atoms with E-state index in [9.17, 15) is 22.8 Å². The number of hydrogen-bond acceptors (Lipinski definition) is 7. The lowest BCUT2D eigenvalue weighted by Crippen LogP contribution is -2.47. The van der Waals surface area contributed by atoms with Gasteiger partial charge >= 0.3 is 6.09 Å². The van der Waals surface area contributed by atoms with Crippen molar-refractivity contribution in [3.05, 3.63) is 84.9 Å². The fourth-order valence-electron chi connectivity index (χ4n) is 4.69.